The van der Waals surface area contributed by atoms with Gasteiger partial charge in [0.1, 0.15) is 0 Å². The molecule has 0 bridgehead atoms. The van der Waals surface area contributed by atoms with Crippen molar-refractivity contribution < 1.29 is 4.74 Å². The molecule has 1 aliphatic heterocycles. The highest BCUT2D eigenvalue weighted by molar-refractivity contribution is 7.99. The van der Waals surface area contributed by atoms with Gasteiger partial charge in [-0.1, -0.05) is 66.4 Å². The van der Waals surface area contributed by atoms with E-state index < -0.39 is 0 Å². The number of hydrogen-bond acceptors (Lipinski definition) is 4. The van der Waals surface area contributed by atoms with Gasteiger partial charge in [-0.25, -0.2) is 4.98 Å². The van der Waals surface area contributed by atoms with Gasteiger partial charge in [0.2, 0.25) is 0 Å². The van der Waals surface area contributed by atoms with Gasteiger partial charge in [-0.05, 0) is 30.5 Å². The van der Waals surface area contributed by atoms with E-state index in [4.69, 9.17) is 9.72 Å². The summed E-state index contributed by atoms with van der Waals surface area (Å²) in [6.07, 6.45) is 6.36. The third-order valence-corrected chi connectivity index (χ3v) is 5.58. The number of aromatic nitrogens is 2. The smallest absolute Gasteiger partial charge is 0.262 e. The maximum Gasteiger partial charge on any atom is 0.262 e. The molecule has 0 saturated carbocycles. The van der Waals surface area contributed by atoms with E-state index in [1.54, 1.807) is 16.3 Å². The third-order valence-electron chi connectivity index (χ3n) is 4.66. The molecular formula is C22H22N2O2S. The van der Waals surface area contributed by atoms with Crippen LogP contribution in [0.25, 0.3) is 17.0 Å². The molecule has 1 aromatic heterocycles. The van der Waals surface area contributed by atoms with Gasteiger partial charge in [0.05, 0.1) is 23.6 Å². The average molecular weight is 378 g/mol. The Labute approximate surface area is 162 Å². The average Bonchev–Trinajstić information content (AvgIpc) is 3.22. The van der Waals surface area contributed by atoms with Crippen LogP contribution >= 0.6 is 11.8 Å². The summed E-state index contributed by atoms with van der Waals surface area (Å²) in [5, 5.41) is 1.42. The lowest BCUT2D eigenvalue weighted by Gasteiger charge is -2.16. The highest BCUT2D eigenvalue weighted by Crippen LogP contribution is 2.21. The number of para-hydroxylation sites is 1. The largest absolute Gasteiger partial charge is 0.376 e. The number of fused-ring (bicyclic) bond motifs is 1. The van der Waals surface area contributed by atoms with Crippen LogP contribution in [0.4, 0.5) is 0 Å². The van der Waals surface area contributed by atoms with Crippen LogP contribution in [0.1, 0.15) is 18.4 Å². The van der Waals surface area contributed by atoms with Crippen molar-refractivity contribution in [3.8, 4) is 0 Å². The molecule has 4 nitrogen and oxygen atoms in total. The SMILES string of the molecule is O=c1c2ccccc2nc(SC/C=C/c2ccccc2)n1C[C@H]1CCCO1. The zero-order valence-corrected chi connectivity index (χ0v) is 15.9. The van der Waals surface area contributed by atoms with Crippen LogP contribution in [-0.2, 0) is 11.3 Å². The molecule has 2 heterocycles. The summed E-state index contributed by atoms with van der Waals surface area (Å²) in [6, 6.07) is 17.8. The molecule has 27 heavy (non-hydrogen) atoms. The fourth-order valence-electron chi connectivity index (χ4n) is 3.28. The van der Waals surface area contributed by atoms with Gasteiger partial charge in [0.25, 0.3) is 5.56 Å². The Morgan fingerprint density at radius 1 is 1.15 bits per heavy atom. The summed E-state index contributed by atoms with van der Waals surface area (Å²) in [6.45, 7) is 1.35. The summed E-state index contributed by atoms with van der Waals surface area (Å²) < 4.78 is 7.54. The molecule has 1 fully saturated rings. The molecule has 0 aliphatic carbocycles. The Hall–Kier alpha value is -2.37. The van der Waals surface area contributed by atoms with Crippen molar-refractivity contribution in [3.63, 3.8) is 0 Å². The number of nitrogens with zero attached hydrogens (tertiary/aromatic N) is 2. The van der Waals surface area contributed by atoms with Crippen molar-refractivity contribution in [1.29, 1.82) is 0 Å². The van der Waals surface area contributed by atoms with Crippen molar-refractivity contribution in [2.45, 2.75) is 30.6 Å². The minimum atomic E-state index is 0.0191. The number of rotatable bonds is 6. The molecule has 2 aromatic carbocycles. The zero-order valence-electron chi connectivity index (χ0n) is 15.1. The molecule has 138 valence electrons. The molecular weight excluding hydrogens is 356 g/mol. The first kappa shape index (κ1) is 18.0. The van der Waals surface area contributed by atoms with E-state index in [0.29, 0.717) is 11.9 Å². The van der Waals surface area contributed by atoms with E-state index >= 15 is 0 Å². The Balaban J connectivity index is 1.59. The van der Waals surface area contributed by atoms with Crippen LogP contribution in [0.15, 0.2) is 70.6 Å². The van der Waals surface area contributed by atoms with Crippen LogP contribution < -0.4 is 5.56 Å². The van der Waals surface area contributed by atoms with Gasteiger partial charge < -0.3 is 4.74 Å². The summed E-state index contributed by atoms with van der Waals surface area (Å²) >= 11 is 1.59. The predicted molar refractivity (Wildman–Crippen MR) is 111 cm³/mol. The molecule has 1 aliphatic rings. The van der Waals surface area contributed by atoms with Crippen LogP contribution in [0.2, 0.25) is 0 Å². The summed E-state index contributed by atoms with van der Waals surface area (Å²) in [4.78, 5) is 17.8. The maximum atomic E-state index is 13.0. The molecule has 0 spiro atoms. The van der Waals surface area contributed by atoms with Crippen molar-refractivity contribution >= 4 is 28.7 Å². The standard InChI is InChI=1S/C22H22N2O2S/c25-21-19-12-4-5-13-20(19)23-22(24(21)16-18-11-6-14-26-18)27-15-7-10-17-8-2-1-3-9-17/h1-5,7-10,12-13,18H,6,11,14-16H2/b10-7+/t18-/m1/s1. The normalized spacial score (nSPS) is 17.1. The Kier molecular flexibility index (Phi) is 5.70. The predicted octanol–water partition coefficient (Wildman–Crippen LogP) is 4.38. The number of hydrogen-bond donors (Lipinski definition) is 0. The molecule has 0 N–H and O–H groups in total. The third kappa shape index (κ3) is 4.31. The molecule has 0 radical (unpaired) electrons. The van der Waals surface area contributed by atoms with Crippen molar-refractivity contribution in [2.75, 3.05) is 12.4 Å². The molecule has 4 rings (SSSR count). The molecule has 1 saturated heterocycles. The van der Waals surface area contributed by atoms with Gasteiger partial charge in [0, 0.05) is 12.4 Å². The van der Waals surface area contributed by atoms with Crippen LogP contribution in [0.3, 0.4) is 0 Å². The van der Waals surface area contributed by atoms with Gasteiger partial charge in [-0.2, -0.15) is 0 Å². The monoisotopic (exact) mass is 378 g/mol. The van der Waals surface area contributed by atoms with Crippen molar-refractivity contribution in [2.24, 2.45) is 0 Å². The quantitative estimate of drug-likeness (QED) is 0.472. The molecule has 0 unspecified atom stereocenters. The molecule has 5 heteroatoms. The fourth-order valence-corrected chi connectivity index (χ4v) is 4.10. The van der Waals surface area contributed by atoms with Gasteiger partial charge in [-0.3, -0.25) is 9.36 Å². The second-order valence-electron chi connectivity index (χ2n) is 6.59. The van der Waals surface area contributed by atoms with Crippen LogP contribution in [-0.4, -0.2) is 28.0 Å². The van der Waals surface area contributed by atoms with Crippen LogP contribution in [0, 0.1) is 0 Å². The Morgan fingerprint density at radius 2 is 1.96 bits per heavy atom. The fraction of sp³-hybridized carbons (Fsp3) is 0.273. The first-order valence-electron chi connectivity index (χ1n) is 9.27. The Bertz CT molecular complexity index is 992. The summed E-state index contributed by atoms with van der Waals surface area (Å²) in [5.41, 5.74) is 1.94. The van der Waals surface area contributed by atoms with E-state index in [9.17, 15) is 4.79 Å². The van der Waals surface area contributed by atoms with E-state index in [2.05, 4.69) is 24.3 Å². The maximum absolute atomic E-state index is 13.0. The highest BCUT2D eigenvalue weighted by Gasteiger charge is 2.19. The lowest BCUT2D eigenvalue weighted by atomic mass is 10.2. The van der Waals surface area contributed by atoms with Gasteiger partial charge in [-0.15, -0.1) is 0 Å². The minimum Gasteiger partial charge on any atom is -0.376 e. The first-order chi connectivity index (χ1) is 13.3. The van der Waals surface area contributed by atoms with Gasteiger partial charge >= 0.3 is 0 Å². The first-order valence-corrected chi connectivity index (χ1v) is 10.3. The van der Waals surface area contributed by atoms with E-state index in [0.717, 1.165) is 35.9 Å². The van der Waals surface area contributed by atoms with E-state index in [1.165, 1.54) is 5.56 Å². The second-order valence-corrected chi connectivity index (χ2v) is 7.57. The lowest BCUT2D eigenvalue weighted by molar-refractivity contribution is 0.0937. The number of benzene rings is 2. The zero-order chi connectivity index (χ0) is 18.5. The topological polar surface area (TPSA) is 44.1 Å². The molecule has 1 atom stereocenters. The number of thioether (sulfide) groups is 1. The lowest BCUT2D eigenvalue weighted by Crippen LogP contribution is -2.28. The highest BCUT2D eigenvalue weighted by atomic mass is 32.2. The number of ether oxygens (including phenoxy) is 1. The molecule has 3 aromatic rings. The Morgan fingerprint density at radius 3 is 2.78 bits per heavy atom. The molecule has 0 amide bonds. The minimum absolute atomic E-state index is 0.0191. The summed E-state index contributed by atoms with van der Waals surface area (Å²) in [7, 11) is 0. The van der Waals surface area contributed by atoms with Gasteiger partial charge in [0.15, 0.2) is 5.16 Å². The second kappa shape index (κ2) is 8.55. The van der Waals surface area contributed by atoms with E-state index in [1.807, 2.05) is 42.5 Å². The van der Waals surface area contributed by atoms with E-state index in [-0.39, 0.29) is 11.7 Å². The van der Waals surface area contributed by atoms with Crippen LogP contribution in [0.5, 0.6) is 0 Å². The van der Waals surface area contributed by atoms with Crippen molar-refractivity contribution in [1.82, 2.24) is 9.55 Å². The van der Waals surface area contributed by atoms with Crippen molar-refractivity contribution in [3.05, 3.63) is 76.6 Å². The summed E-state index contributed by atoms with van der Waals surface area (Å²) in [5.74, 6) is 0.755.